The average Bonchev–Trinajstić information content (AvgIpc) is 2.26. The van der Waals surface area contributed by atoms with E-state index < -0.39 is 10.8 Å². The van der Waals surface area contributed by atoms with E-state index in [-0.39, 0.29) is 11.7 Å². The van der Waals surface area contributed by atoms with Gasteiger partial charge in [-0.1, -0.05) is 13.0 Å². The Morgan fingerprint density at radius 1 is 1.50 bits per heavy atom. The molecule has 1 amide bonds. The van der Waals surface area contributed by atoms with Crippen LogP contribution in [0.15, 0.2) is 23.1 Å². The summed E-state index contributed by atoms with van der Waals surface area (Å²) in [5.74, 6) is 0.406. The molecule has 1 aliphatic rings. The molecule has 86 valence electrons. The maximum atomic E-state index is 11.7. The first-order valence-corrected chi connectivity index (χ1v) is 6.48. The molecule has 1 aromatic carbocycles. The summed E-state index contributed by atoms with van der Waals surface area (Å²) >= 11 is 0. The second-order valence-corrected chi connectivity index (χ2v) is 4.94. The van der Waals surface area contributed by atoms with E-state index >= 15 is 0 Å². The van der Waals surface area contributed by atoms with Gasteiger partial charge in [-0.2, -0.15) is 0 Å². The molecule has 1 aromatic rings. The van der Waals surface area contributed by atoms with Crippen molar-refractivity contribution < 1.29 is 13.7 Å². The van der Waals surface area contributed by atoms with E-state index in [0.29, 0.717) is 22.9 Å². The van der Waals surface area contributed by atoms with Crippen LogP contribution in [0, 0.1) is 0 Å². The van der Waals surface area contributed by atoms with Gasteiger partial charge in [0.25, 0.3) is 0 Å². The molecule has 0 radical (unpaired) electrons. The molecule has 0 spiro atoms. The summed E-state index contributed by atoms with van der Waals surface area (Å²) in [4.78, 5) is 11.9. The van der Waals surface area contributed by atoms with E-state index in [1.807, 2.05) is 6.92 Å². The van der Waals surface area contributed by atoms with Gasteiger partial charge in [0.05, 0.1) is 28.0 Å². The third-order valence-electron chi connectivity index (χ3n) is 2.22. The molecule has 16 heavy (non-hydrogen) atoms. The molecule has 1 unspecified atom stereocenters. The quantitative estimate of drug-likeness (QED) is 0.870. The lowest BCUT2D eigenvalue weighted by Gasteiger charge is -2.19. The van der Waals surface area contributed by atoms with Gasteiger partial charge in [-0.3, -0.25) is 9.00 Å². The van der Waals surface area contributed by atoms with Crippen LogP contribution < -0.4 is 10.1 Å². The lowest BCUT2D eigenvalue weighted by molar-refractivity contribution is -0.114. The highest BCUT2D eigenvalue weighted by atomic mass is 32.2. The maximum absolute atomic E-state index is 11.7. The molecule has 0 saturated carbocycles. The van der Waals surface area contributed by atoms with E-state index in [1.165, 1.54) is 0 Å². The summed E-state index contributed by atoms with van der Waals surface area (Å²) < 4.78 is 17.2. The number of para-hydroxylation sites is 1. The van der Waals surface area contributed by atoms with Crippen LogP contribution in [0.2, 0.25) is 0 Å². The fourth-order valence-electron chi connectivity index (χ4n) is 1.53. The highest BCUT2D eigenvalue weighted by Crippen LogP contribution is 2.33. The van der Waals surface area contributed by atoms with Crippen LogP contribution in [0.25, 0.3) is 0 Å². The van der Waals surface area contributed by atoms with Crippen molar-refractivity contribution in [3.05, 3.63) is 18.2 Å². The number of amides is 1. The van der Waals surface area contributed by atoms with Crippen LogP contribution in [-0.2, 0) is 15.6 Å². The number of anilines is 1. The predicted molar refractivity (Wildman–Crippen MR) is 62.1 cm³/mol. The van der Waals surface area contributed by atoms with Gasteiger partial charge in [-0.25, -0.2) is 0 Å². The number of rotatable bonds is 3. The Morgan fingerprint density at radius 3 is 3.06 bits per heavy atom. The molecule has 0 aromatic heterocycles. The molecule has 2 rings (SSSR count). The Labute approximate surface area is 96.4 Å². The van der Waals surface area contributed by atoms with Crippen LogP contribution in [-0.4, -0.2) is 22.5 Å². The molecule has 1 N–H and O–H groups in total. The minimum Gasteiger partial charge on any atom is -0.491 e. The van der Waals surface area contributed by atoms with Gasteiger partial charge in [0.1, 0.15) is 11.5 Å². The summed E-state index contributed by atoms with van der Waals surface area (Å²) in [6.07, 6.45) is 0.890. The zero-order chi connectivity index (χ0) is 11.5. The standard InChI is InChI=1S/C11H13NO3S/c1-2-6-15-8-4-3-5-9-11(8)12-10(13)7-16(9)14/h3-5H,2,6-7H2,1H3,(H,12,13). The van der Waals surface area contributed by atoms with Crippen molar-refractivity contribution in [1.29, 1.82) is 0 Å². The molecular weight excluding hydrogens is 226 g/mol. The molecule has 0 fully saturated rings. The third-order valence-corrected chi connectivity index (χ3v) is 3.58. The zero-order valence-corrected chi connectivity index (χ0v) is 9.80. The molecule has 0 saturated heterocycles. The lowest BCUT2D eigenvalue weighted by atomic mass is 10.3. The van der Waals surface area contributed by atoms with Crippen LogP contribution in [0.4, 0.5) is 5.69 Å². The number of hydrogen-bond donors (Lipinski definition) is 1. The summed E-state index contributed by atoms with van der Waals surface area (Å²) in [5, 5.41) is 2.71. The van der Waals surface area contributed by atoms with E-state index in [1.54, 1.807) is 18.2 Å². The number of fused-ring (bicyclic) bond motifs is 1. The van der Waals surface area contributed by atoms with Gasteiger partial charge < -0.3 is 10.1 Å². The van der Waals surface area contributed by atoms with Gasteiger partial charge in [0, 0.05) is 0 Å². The summed E-state index contributed by atoms with van der Waals surface area (Å²) in [7, 11) is -1.25. The second-order valence-electron chi connectivity index (χ2n) is 3.52. The summed E-state index contributed by atoms with van der Waals surface area (Å²) in [6, 6.07) is 5.32. The first-order valence-electron chi connectivity index (χ1n) is 5.16. The van der Waals surface area contributed by atoms with Crippen molar-refractivity contribution in [2.24, 2.45) is 0 Å². The largest absolute Gasteiger partial charge is 0.491 e. The molecule has 1 heterocycles. The number of nitrogens with one attached hydrogen (secondary N) is 1. The van der Waals surface area contributed by atoms with Crippen molar-refractivity contribution in [1.82, 2.24) is 0 Å². The van der Waals surface area contributed by atoms with E-state index in [9.17, 15) is 9.00 Å². The average molecular weight is 239 g/mol. The molecule has 1 aliphatic heterocycles. The number of carbonyl (C=O) groups is 1. The fourth-order valence-corrected chi connectivity index (χ4v) is 2.60. The first kappa shape index (κ1) is 11.1. The SMILES string of the molecule is CCCOc1cccc2c1NC(=O)CS2=O. The third kappa shape index (κ3) is 2.09. The predicted octanol–water partition coefficient (Wildman–Crippen LogP) is 1.54. The monoisotopic (exact) mass is 239 g/mol. The van der Waals surface area contributed by atoms with E-state index in [4.69, 9.17) is 4.74 Å². The van der Waals surface area contributed by atoms with Gasteiger partial charge in [-0.15, -0.1) is 0 Å². The van der Waals surface area contributed by atoms with Crippen molar-refractivity contribution in [2.45, 2.75) is 18.2 Å². The van der Waals surface area contributed by atoms with Crippen LogP contribution in [0.3, 0.4) is 0 Å². The van der Waals surface area contributed by atoms with Crippen molar-refractivity contribution >= 4 is 22.4 Å². The number of hydrogen-bond acceptors (Lipinski definition) is 3. The smallest absolute Gasteiger partial charge is 0.237 e. The normalized spacial score (nSPS) is 18.8. The molecule has 0 aliphatic carbocycles. The van der Waals surface area contributed by atoms with Gasteiger partial charge in [0.15, 0.2) is 0 Å². The van der Waals surface area contributed by atoms with E-state index in [0.717, 1.165) is 6.42 Å². The molecule has 0 bridgehead atoms. The van der Waals surface area contributed by atoms with Crippen molar-refractivity contribution in [2.75, 3.05) is 17.7 Å². The minimum absolute atomic E-state index is 0.0320. The number of ether oxygens (including phenoxy) is 1. The molecule has 5 heteroatoms. The van der Waals surface area contributed by atoms with Crippen LogP contribution in [0.1, 0.15) is 13.3 Å². The van der Waals surface area contributed by atoms with Crippen LogP contribution >= 0.6 is 0 Å². The Morgan fingerprint density at radius 2 is 2.31 bits per heavy atom. The van der Waals surface area contributed by atoms with E-state index in [2.05, 4.69) is 5.32 Å². The van der Waals surface area contributed by atoms with Crippen molar-refractivity contribution in [3.63, 3.8) is 0 Å². The Balaban J connectivity index is 2.37. The summed E-state index contributed by atoms with van der Waals surface area (Å²) in [6.45, 7) is 2.59. The highest BCUT2D eigenvalue weighted by molar-refractivity contribution is 7.86. The Bertz CT molecular complexity index is 445. The minimum atomic E-state index is -1.25. The van der Waals surface area contributed by atoms with Crippen LogP contribution in [0.5, 0.6) is 5.75 Å². The second kappa shape index (κ2) is 4.65. The van der Waals surface area contributed by atoms with Gasteiger partial charge in [-0.05, 0) is 18.6 Å². The first-order chi connectivity index (χ1) is 7.72. The highest BCUT2D eigenvalue weighted by Gasteiger charge is 2.24. The Kier molecular flexibility index (Phi) is 3.24. The summed E-state index contributed by atoms with van der Waals surface area (Å²) in [5.41, 5.74) is 0.561. The maximum Gasteiger partial charge on any atom is 0.237 e. The Hall–Kier alpha value is -1.36. The molecule has 1 atom stereocenters. The lowest BCUT2D eigenvalue weighted by Crippen LogP contribution is -2.26. The van der Waals surface area contributed by atoms with Gasteiger partial charge in [0.2, 0.25) is 5.91 Å². The zero-order valence-electron chi connectivity index (χ0n) is 8.99. The number of carbonyl (C=O) groups excluding carboxylic acids is 1. The van der Waals surface area contributed by atoms with Crippen molar-refractivity contribution in [3.8, 4) is 5.75 Å². The fraction of sp³-hybridized carbons (Fsp3) is 0.364. The molecule has 4 nitrogen and oxygen atoms in total. The topological polar surface area (TPSA) is 55.4 Å². The van der Waals surface area contributed by atoms with Gasteiger partial charge >= 0.3 is 0 Å². The number of benzene rings is 1. The molecular formula is C11H13NO3S.